The molecule has 4 rings (SSSR count). The molecule has 1 aromatic heterocycles. The first-order valence-corrected chi connectivity index (χ1v) is 7.92. The number of aryl methyl sites for hydroxylation is 2. The molecule has 0 radical (unpaired) electrons. The Hall–Kier alpha value is -2.54. The van der Waals surface area contributed by atoms with Crippen LogP contribution in [-0.4, -0.2) is 46.8 Å². The second-order valence-corrected chi connectivity index (χ2v) is 6.03. The quantitative estimate of drug-likeness (QED) is 0.838. The maximum atomic E-state index is 12.8. The first-order valence-electron chi connectivity index (χ1n) is 7.92. The number of hydrogen-bond acceptors (Lipinski definition) is 5. The molecule has 1 saturated heterocycles. The highest BCUT2D eigenvalue weighted by Gasteiger charge is 2.29. The molecule has 2 aliphatic rings. The summed E-state index contributed by atoms with van der Waals surface area (Å²) in [7, 11) is 1.94. The first-order chi connectivity index (χ1) is 11.6. The molecular formula is C17H19N3O4. The number of amides is 1. The Morgan fingerprint density at radius 1 is 1.29 bits per heavy atom. The fourth-order valence-corrected chi connectivity index (χ4v) is 3.14. The predicted octanol–water partition coefficient (Wildman–Crippen LogP) is 1.67. The van der Waals surface area contributed by atoms with Gasteiger partial charge in [-0.3, -0.25) is 4.79 Å². The second kappa shape index (κ2) is 5.83. The lowest BCUT2D eigenvalue weighted by Gasteiger charge is -2.32. The van der Waals surface area contributed by atoms with E-state index in [4.69, 9.17) is 14.2 Å². The average Bonchev–Trinajstić information content (AvgIpc) is 3.19. The van der Waals surface area contributed by atoms with Gasteiger partial charge in [-0.1, -0.05) is 0 Å². The van der Waals surface area contributed by atoms with Gasteiger partial charge in [-0.25, -0.2) is 4.98 Å². The summed E-state index contributed by atoms with van der Waals surface area (Å²) >= 11 is 0. The number of carbonyl (C=O) groups is 1. The van der Waals surface area contributed by atoms with Crippen molar-refractivity contribution in [2.75, 3.05) is 26.5 Å². The van der Waals surface area contributed by atoms with Gasteiger partial charge in [-0.15, -0.1) is 0 Å². The number of imidazole rings is 1. The summed E-state index contributed by atoms with van der Waals surface area (Å²) in [5, 5.41) is 0. The third-order valence-electron chi connectivity index (χ3n) is 4.29. The van der Waals surface area contributed by atoms with Gasteiger partial charge in [-0.05, 0) is 25.1 Å². The van der Waals surface area contributed by atoms with Gasteiger partial charge in [-0.2, -0.15) is 0 Å². The Kier molecular flexibility index (Phi) is 3.65. The molecule has 1 amide bonds. The maximum absolute atomic E-state index is 12.8. The van der Waals surface area contributed by atoms with Gasteiger partial charge in [0.15, 0.2) is 11.5 Å². The van der Waals surface area contributed by atoms with Crippen molar-refractivity contribution in [3.8, 4) is 11.5 Å². The van der Waals surface area contributed by atoms with E-state index >= 15 is 0 Å². The summed E-state index contributed by atoms with van der Waals surface area (Å²) in [6, 6.07) is 5.28. The van der Waals surface area contributed by atoms with Crippen LogP contribution in [0.15, 0.2) is 24.4 Å². The fraction of sp³-hybridized carbons (Fsp3) is 0.412. The van der Waals surface area contributed by atoms with E-state index in [0.717, 1.165) is 11.5 Å². The zero-order valence-corrected chi connectivity index (χ0v) is 13.7. The lowest BCUT2D eigenvalue weighted by atomic mass is 10.1. The molecule has 7 heteroatoms. The number of benzene rings is 1. The standard InChI is InChI=1S/C17H19N3O4/c1-11-8-19(2)16(18-11)15-9-20(5-6-22-15)17(21)12-3-4-13-14(7-12)24-10-23-13/h3-4,7-8,15H,5-6,9-10H2,1-2H3/t15-/m1/s1. The maximum Gasteiger partial charge on any atom is 0.254 e. The van der Waals surface area contributed by atoms with Crippen molar-refractivity contribution >= 4 is 5.91 Å². The summed E-state index contributed by atoms with van der Waals surface area (Å²) in [6.45, 7) is 3.69. The van der Waals surface area contributed by atoms with Crippen molar-refractivity contribution < 1.29 is 19.0 Å². The van der Waals surface area contributed by atoms with Crippen LogP contribution in [0.2, 0.25) is 0 Å². The molecule has 2 aliphatic heterocycles. The molecular weight excluding hydrogens is 310 g/mol. The predicted molar refractivity (Wildman–Crippen MR) is 85.1 cm³/mol. The number of aromatic nitrogens is 2. The molecule has 1 fully saturated rings. The minimum absolute atomic E-state index is 0.0347. The molecule has 0 unspecified atom stereocenters. The molecule has 2 aromatic rings. The Labute approximate surface area is 139 Å². The van der Waals surface area contributed by atoms with Gasteiger partial charge in [0.1, 0.15) is 11.9 Å². The van der Waals surface area contributed by atoms with Crippen molar-refractivity contribution in [2.45, 2.75) is 13.0 Å². The highest BCUT2D eigenvalue weighted by Crippen LogP contribution is 2.33. The molecule has 1 atom stereocenters. The molecule has 24 heavy (non-hydrogen) atoms. The molecule has 3 heterocycles. The van der Waals surface area contributed by atoms with Crippen LogP contribution in [0, 0.1) is 6.92 Å². The highest BCUT2D eigenvalue weighted by atomic mass is 16.7. The van der Waals surface area contributed by atoms with Gasteiger partial charge in [0.25, 0.3) is 5.91 Å². The van der Waals surface area contributed by atoms with Crippen LogP contribution in [0.3, 0.4) is 0 Å². The Balaban J connectivity index is 1.53. The number of morpholine rings is 1. The smallest absolute Gasteiger partial charge is 0.254 e. The average molecular weight is 329 g/mol. The van der Waals surface area contributed by atoms with E-state index in [1.807, 2.05) is 24.7 Å². The van der Waals surface area contributed by atoms with Gasteiger partial charge in [0, 0.05) is 25.4 Å². The first kappa shape index (κ1) is 15.0. The van der Waals surface area contributed by atoms with Crippen LogP contribution in [0.4, 0.5) is 0 Å². The van der Waals surface area contributed by atoms with Crippen molar-refractivity contribution in [2.24, 2.45) is 7.05 Å². The lowest BCUT2D eigenvalue weighted by Crippen LogP contribution is -2.42. The number of rotatable bonds is 2. The van der Waals surface area contributed by atoms with Gasteiger partial charge < -0.3 is 23.7 Å². The van der Waals surface area contributed by atoms with Crippen molar-refractivity contribution in [1.82, 2.24) is 14.5 Å². The van der Waals surface area contributed by atoms with Gasteiger partial charge >= 0.3 is 0 Å². The second-order valence-electron chi connectivity index (χ2n) is 6.03. The number of nitrogens with zero attached hydrogens (tertiary/aromatic N) is 3. The molecule has 0 N–H and O–H groups in total. The van der Waals surface area contributed by atoms with Crippen LogP contribution in [0.25, 0.3) is 0 Å². The summed E-state index contributed by atoms with van der Waals surface area (Å²) in [5.41, 5.74) is 1.53. The van der Waals surface area contributed by atoms with Crippen LogP contribution in [0.1, 0.15) is 28.0 Å². The Morgan fingerprint density at radius 2 is 2.12 bits per heavy atom. The van der Waals surface area contributed by atoms with Crippen molar-refractivity contribution in [1.29, 1.82) is 0 Å². The zero-order valence-electron chi connectivity index (χ0n) is 13.7. The van der Waals surface area contributed by atoms with E-state index in [-0.39, 0.29) is 18.8 Å². The topological polar surface area (TPSA) is 65.8 Å². The van der Waals surface area contributed by atoms with E-state index in [1.165, 1.54) is 0 Å². The highest BCUT2D eigenvalue weighted by molar-refractivity contribution is 5.95. The Morgan fingerprint density at radius 3 is 2.92 bits per heavy atom. The van der Waals surface area contributed by atoms with E-state index < -0.39 is 0 Å². The number of hydrogen-bond donors (Lipinski definition) is 0. The Bertz CT molecular complexity index is 786. The number of fused-ring (bicyclic) bond motifs is 1. The third kappa shape index (κ3) is 2.60. The SMILES string of the molecule is Cc1cn(C)c([C@H]2CN(C(=O)c3ccc4c(c3)OCO4)CCO2)n1. The zero-order chi connectivity index (χ0) is 16.7. The number of carbonyl (C=O) groups excluding carboxylic acids is 1. The van der Waals surface area contributed by atoms with E-state index in [2.05, 4.69) is 4.98 Å². The normalized spacial score (nSPS) is 19.6. The molecule has 7 nitrogen and oxygen atoms in total. The fourth-order valence-electron chi connectivity index (χ4n) is 3.14. The molecule has 126 valence electrons. The molecule has 0 saturated carbocycles. The van der Waals surface area contributed by atoms with E-state index in [0.29, 0.717) is 36.8 Å². The van der Waals surface area contributed by atoms with E-state index in [1.54, 1.807) is 23.1 Å². The van der Waals surface area contributed by atoms with Gasteiger partial charge in [0.05, 0.1) is 18.8 Å². The summed E-state index contributed by atoms with van der Waals surface area (Å²) < 4.78 is 18.4. The largest absolute Gasteiger partial charge is 0.454 e. The van der Waals surface area contributed by atoms with Crippen LogP contribution in [-0.2, 0) is 11.8 Å². The monoisotopic (exact) mass is 329 g/mol. The summed E-state index contributed by atoms with van der Waals surface area (Å²) in [5.74, 6) is 2.10. The third-order valence-corrected chi connectivity index (χ3v) is 4.29. The minimum atomic E-state index is -0.213. The van der Waals surface area contributed by atoms with Crippen molar-refractivity contribution in [3.05, 3.63) is 41.5 Å². The molecule has 0 aliphatic carbocycles. The molecule has 0 bridgehead atoms. The van der Waals surface area contributed by atoms with Crippen LogP contribution in [0.5, 0.6) is 11.5 Å². The van der Waals surface area contributed by atoms with Crippen LogP contribution < -0.4 is 9.47 Å². The summed E-state index contributed by atoms with van der Waals surface area (Å²) in [4.78, 5) is 19.1. The molecule has 0 spiro atoms. The van der Waals surface area contributed by atoms with Crippen molar-refractivity contribution in [3.63, 3.8) is 0 Å². The summed E-state index contributed by atoms with van der Waals surface area (Å²) in [6.07, 6.45) is 1.74. The molecule has 1 aromatic carbocycles. The van der Waals surface area contributed by atoms with Gasteiger partial charge in [0.2, 0.25) is 6.79 Å². The lowest BCUT2D eigenvalue weighted by molar-refractivity contribution is -0.0279. The number of ether oxygens (including phenoxy) is 3. The van der Waals surface area contributed by atoms with Crippen LogP contribution >= 0.6 is 0 Å². The minimum Gasteiger partial charge on any atom is -0.454 e. The van der Waals surface area contributed by atoms with E-state index in [9.17, 15) is 4.79 Å².